The summed E-state index contributed by atoms with van der Waals surface area (Å²) in [7, 11) is 0. The smallest absolute Gasteiger partial charge is 0.0949 e. The van der Waals surface area contributed by atoms with Gasteiger partial charge < -0.3 is 10.2 Å². The van der Waals surface area contributed by atoms with Gasteiger partial charge in [-0.1, -0.05) is 30.4 Å². The second-order valence-corrected chi connectivity index (χ2v) is 3.95. The standard InChI is InChI=1S/C11H14N2S/c14-11-9-13(8-4-7-12-11)10-5-2-1-3-6-10/h1-3,5-6H,4,7-9H2,(H,12,14). The predicted octanol–water partition coefficient (Wildman–Crippen LogP) is 1.81. The summed E-state index contributed by atoms with van der Waals surface area (Å²) in [4.78, 5) is 3.27. The van der Waals surface area contributed by atoms with Crippen LogP contribution in [0.4, 0.5) is 5.69 Å². The molecule has 0 unspecified atom stereocenters. The van der Waals surface area contributed by atoms with Gasteiger partial charge in [0.25, 0.3) is 0 Å². The highest BCUT2D eigenvalue weighted by Crippen LogP contribution is 2.14. The van der Waals surface area contributed by atoms with Gasteiger partial charge in [0.05, 0.1) is 11.5 Å². The zero-order chi connectivity index (χ0) is 9.80. The first-order chi connectivity index (χ1) is 6.86. The SMILES string of the molecule is S=C1CN(c2ccccc2)CCCN1. The van der Waals surface area contributed by atoms with Crippen molar-refractivity contribution in [1.82, 2.24) is 5.32 Å². The van der Waals surface area contributed by atoms with E-state index in [1.807, 2.05) is 6.07 Å². The van der Waals surface area contributed by atoms with Crippen molar-refractivity contribution in [3.8, 4) is 0 Å². The van der Waals surface area contributed by atoms with Crippen LogP contribution in [0.2, 0.25) is 0 Å². The van der Waals surface area contributed by atoms with E-state index in [2.05, 4.69) is 34.5 Å². The van der Waals surface area contributed by atoms with E-state index in [0.29, 0.717) is 0 Å². The number of nitrogens with one attached hydrogen (secondary N) is 1. The minimum atomic E-state index is 0.847. The molecule has 1 fully saturated rings. The van der Waals surface area contributed by atoms with E-state index in [0.717, 1.165) is 31.0 Å². The van der Waals surface area contributed by atoms with Gasteiger partial charge in [-0.15, -0.1) is 0 Å². The van der Waals surface area contributed by atoms with Gasteiger partial charge in [0.2, 0.25) is 0 Å². The van der Waals surface area contributed by atoms with Gasteiger partial charge in [-0.05, 0) is 18.6 Å². The molecule has 0 bridgehead atoms. The molecule has 2 rings (SSSR count). The monoisotopic (exact) mass is 206 g/mol. The number of hydrogen-bond donors (Lipinski definition) is 1. The van der Waals surface area contributed by atoms with Crippen LogP contribution < -0.4 is 10.2 Å². The molecule has 1 saturated heterocycles. The lowest BCUT2D eigenvalue weighted by Gasteiger charge is -2.21. The summed E-state index contributed by atoms with van der Waals surface area (Å²) in [6.45, 7) is 2.93. The molecule has 14 heavy (non-hydrogen) atoms. The van der Waals surface area contributed by atoms with Crippen molar-refractivity contribution in [3.05, 3.63) is 30.3 Å². The van der Waals surface area contributed by atoms with Crippen molar-refractivity contribution in [2.75, 3.05) is 24.5 Å². The zero-order valence-corrected chi connectivity index (χ0v) is 8.89. The summed E-state index contributed by atoms with van der Waals surface area (Å²) in [6.07, 6.45) is 1.15. The van der Waals surface area contributed by atoms with Gasteiger partial charge in [-0.25, -0.2) is 0 Å². The van der Waals surface area contributed by atoms with Crippen LogP contribution in [0.3, 0.4) is 0 Å². The first kappa shape index (κ1) is 9.46. The lowest BCUT2D eigenvalue weighted by atomic mass is 10.3. The van der Waals surface area contributed by atoms with Crippen molar-refractivity contribution < 1.29 is 0 Å². The van der Waals surface area contributed by atoms with E-state index in [1.54, 1.807) is 0 Å². The molecule has 0 atom stereocenters. The minimum Gasteiger partial charge on any atom is -0.378 e. The van der Waals surface area contributed by atoms with E-state index in [-0.39, 0.29) is 0 Å². The highest BCUT2D eigenvalue weighted by molar-refractivity contribution is 7.80. The second-order valence-electron chi connectivity index (χ2n) is 3.46. The summed E-state index contributed by atoms with van der Waals surface area (Å²) in [5, 5.41) is 3.23. The maximum Gasteiger partial charge on any atom is 0.0949 e. The molecular formula is C11H14N2S. The van der Waals surface area contributed by atoms with Gasteiger partial charge in [-0.2, -0.15) is 0 Å². The molecule has 0 aromatic heterocycles. The van der Waals surface area contributed by atoms with Crippen molar-refractivity contribution >= 4 is 22.9 Å². The van der Waals surface area contributed by atoms with E-state index < -0.39 is 0 Å². The Labute approximate surface area is 89.9 Å². The Morgan fingerprint density at radius 3 is 2.79 bits per heavy atom. The van der Waals surface area contributed by atoms with E-state index in [9.17, 15) is 0 Å². The maximum atomic E-state index is 5.22. The van der Waals surface area contributed by atoms with Crippen molar-refractivity contribution in [1.29, 1.82) is 0 Å². The molecule has 0 radical (unpaired) electrons. The molecule has 1 aromatic rings. The third-order valence-electron chi connectivity index (χ3n) is 2.38. The van der Waals surface area contributed by atoms with Crippen LogP contribution in [-0.4, -0.2) is 24.6 Å². The van der Waals surface area contributed by atoms with Gasteiger partial charge in [0, 0.05) is 18.8 Å². The average Bonchev–Trinajstić information content (AvgIpc) is 2.44. The fourth-order valence-electron chi connectivity index (χ4n) is 1.67. The lowest BCUT2D eigenvalue weighted by molar-refractivity contribution is 0.784. The summed E-state index contributed by atoms with van der Waals surface area (Å²) < 4.78 is 0. The third-order valence-corrected chi connectivity index (χ3v) is 2.66. The van der Waals surface area contributed by atoms with Crippen LogP contribution in [0.25, 0.3) is 0 Å². The van der Waals surface area contributed by atoms with Gasteiger partial charge >= 0.3 is 0 Å². The van der Waals surface area contributed by atoms with E-state index >= 15 is 0 Å². The summed E-state index contributed by atoms with van der Waals surface area (Å²) in [5.41, 5.74) is 1.26. The second kappa shape index (κ2) is 4.42. The number of hydrogen-bond acceptors (Lipinski definition) is 2. The summed E-state index contributed by atoms with van der Waals surface area (Å²) in [5.74, 6) is 0. The number of nitrogens with zero attached hydrogens (tertiary/aromatic N) is 1. The van der Waals surface area contributed by atoms with Crippen molar-refractivity contribution in [3.63, 3.8) is 0 Å². The molecule has 0 saturated carbocycles. The molecule has 1 aliphatic rings. The van der Waals surface area contributed by atoms with Crippen molar-refractivity contribution in [2.24, 2.45) is 0 Å². The molecule has 1 heterocycles. The summed E-state index contributed by atoms with van der Waals surface area (Å²) in [6, 6.07) is 10.4. The Bertz CT molecular complexity index is 310. The maximum absolute atomic E-state index is 5.22. The quantitative estimate of drug-likeness (QED) is 0.706. The molecule has 1 aliphatic heterocycles. The topological polar surface area (TPSA) is 15.3 Å². The van der Waals surface area contributed by atoms with Crippen LogP contribution in [-0.2, 0) is 0 Å². The molecule has 3 heteroatoms. The van der Waals surface area contributed by atoms with Crippen molar-refractivity contribution in [2.45, 2.75) is 6.42 Å². The summed E-state index contributed by atoms with van der Waals surface area (Å²) >= 11 is 5.22. The van der Waals surface area contributed by atoms with Crippen LogP contribution in [0, 0.1) is 0 Å². The largest absolute Gasteiger partial charge is 0.378 e. The molecular weight excluding hydrogens is 192 g/mol. The minimum absolute atomic E-state index is 0.847. The number of para-hydroxylation sites is 1. The van der Waals surface area contributed by atoms with Crippen LogP contribution in [0.5, 0.6) is 0 Å². The average molecular weight is 206 g/mol. The fraction of sp³-hybridized carbons (Fsp3) is 0.364. The molecule has 0 spiro atoms. The number of benzene rings is 1. The Kier molecular flexibility index (Phi) is 2.99. The van der Waals surface area contributed by atoms with Crippen LogP contribution in [0.1, 0.15) is 6.42 Å². The van der Waals surface area contributed by atoms with E-state index in [1.165, 1.54) is 5.69 Å². The number of anilines is 1. The van der Waals surface area contributed by atoms with Gasteiger partial charge in [0.15, 0.2) is 0 Å². The van der Waals surface area contributed by atoms with Crippen LogP contribution in [0.15, 0.2) is 30.3 Å². The Morgan fingerprint density at radius 1 is 1.21 bits per heavy atom. The Balaban J connectivity index is 2.13. The van der Waals surface area contributed by atoms with Gasteiger partial charge in [-0.3, -0.25) is 0 Å². The molecule has 74 valence electrons. The Morgan fingerprint density at radius 2 is 2.00 bits per heavy atom. The number of rotatable bonds is 1. The first-order valence-corrected chi connectivity index (χ1v) is 5.34. The molecule has 0 amide bonds. The number of thiocarbonyl (C=S) groups is 1. The normalized spacial score (nSPS) is 17.4. The fourth-order valence-corrected chi connectivity index (χ4v) is 1.92. The van der Waals surface area contributed by atoms with Gasteiger partial charge in [0.1, 0.15) is 0 Å². The third kappa shape index (κ3) is 2.23. The molecule has 1 aromatic carbocycles. The molecule has 1 N–H and O–H groups in total. The van der Waals surface area contributed by atoms with Crippen LogP contribution >= 0.6 is 12.2 Å². The molecule has 0 aliphatic carbocycles. The predicted molar refractivity (Wildman–Crippen MR) is 63.9 cm³/mol. The highest BCUT2D eigenvalue weighted by atomic mass is 32.1. The highest BCUT2D eigenvalue weighted by Gasteiger charge is 2.11. The first-order valence-electron chi connectivity index (χ1n) is 4.93. The van der Waals surface area contributed by atoms with E-state index in [4.69, 9.17) is 12.2 Å². The Hall–Kier alpha value is -1.09. The zero-order valence-electron chi connectivity index (χ0n) is 8.07. The lowest BCUT2D eigenvalue weighted by Crippen LogP contribution is -2.31. The molecule has 2 nitrogen and oxygen atoms in total.